The molecule has 0 amide bonds. The van der Waals surface area contributed by atoms with E-state index in [0.29, 0.717) is 0 Å². The van der Waals surface area contributed by atoms with Gasteiger partial charge < -0.3 is 13.3 Å². The van der Waals surface area contributed by atoms with Gasteiger partial charge in [-0.1, -0.05) is 0 Å². The van der Waals surface area contributed by atoms with E-state index in [0.717, 1.165) is 0 Å². The third-order valence-corrected chi connectivity index (χ3v) is 5.35. The summed E-state index contributed by atoms with van der Waals surface area (Å²) in [5.41, 5.74) is -4.48. The summed E-state index contributed by atoms with van der Waals surface area (Å²) < 4.78 is 92.1. The van der Waals surface area contributed by atoms with Gasteiger partial charge in [0.05, 0.1) is 6.42 Å². The van der Waals surface area contributed by atoms with Crippen molar-refractivity contribution in [1.82, 2.24) is 0 Å². The topological polar surface area (TPSA) is 27.7 Å². The van der Waals surface area contributed by atoms with E-state index in [1.165, 1.54) is 20.8 Å². The minimum absolute atomic E-state index is 0.291. The number of hydrogen-bond acceptors (Lipinski definition) is 3. The van der Waals surface area contributed by atoms with Gasteiger partial charge in [0.2, 0.25) is 0 Å². The van der Waals surface area contributed by atoms with Crippen molar-refractivity contribution in [2.45, 2.75) is 45.1 Å². The van der Waals surface area contributed by atoms with Gasteiger partial charge in [-0.2, -0.15) is 22.0 Å². The zero-order valence-corrected chi connectivity index (χ0v) is 12.4. The fourth-order valence-electron chi connectivity index (χ4n) is 1.51. The largest absolute Gasteiger partial charge is 0.577 e. The Hall–Kier alpha value is -0.323. The normalized spacial score (nSPS) is 15.4. The summed E-state index contributed by atoms with van der Waals surface area (Å²) in [5.74, 6) is 0. The van der Waals surface area contributed by atoms with E-state index in [1.807, 2.05) is 0 Å². The smallest absolute Gasteiger partial charge is 0.370 e. The third-order valence-electron chi connectivity index (χ3n) is 2.22. The number of rotatable bonds is 9. The molecule has 0 bridgehead atoms. The molecular formula is C10H18F6O3Si. The van der Waals surface area contributed by atoms with Crippen LogP contribution < -0.4 is 0 Å². The monoisotopic (exact) mass is 328 g/mol. The fourth-order valence-corrected chi connectivity index (χ4v) is 3.96. The van der Waals surface area contributed by atoms with Crippen LogP contribution in [0.25, 0.3) is 0 Å². The molecule has 0 radical (unpaired) electrons. The maximum absolute atomic E-state index is 14.0. The SMILES string of the molecule is CCO[Si](OCC)(OCC)C(F)(F)C(F)CC(F)(F)F. The van der Waals surface area contributed by atoms with Crippen molar-refractivity contribution >= 4 is 8.80 Å². The zero-order chi connectivity index (χ0) is 16.0. The Balaban J connectivity index is 5.37. The van der Waals surface area contributed by atoms with Crippen LogP contribution in [0.3, 0.4) is 0 Å². The molecule has 0 fully saturated rings. The second-order valence-corrected chi connectivity index (χ2v) is 6.41. The van der Waals surface area contributed by atoms with Gasteiger partial charge in [-0.25, -0.2) is 4.39 Å². The summed E-state index contributed by atoms with van der Waals surface area (Å²) in [6.45, 7) is 3.15. The second kappa shape index (κ2) is 7.62. The van der Waals surface area contributed by atoms with Crippen LogP contribution in [0.5, 0.6) is 0 Å². The van der Waals surface area contributed by atoms with Crippen LogP contribution in [-0.2, 0) is 13.3 Å². The molecule has 122 valence electrons. The van der Waals surface area contributed by atoms with Crippen LogP contribution >= 0.6 is 0 Å². The molecule has 0 aliphatic rings. The molecule has 0 aromatic carbocycles. The van der Waals surface area contributed by atoms with E-state index in [1.54, 1.807) is 0 Å². The zero-order valence-electron chi connectivity index (χ0n) is 11.4. The van der Waals surface area contributed by atoms with Crippen LogP contribution in [0.15, 0.2) is 0 Å². The van der Waals surface area contributed by atoms with E-state index >= 15 is 0 Å². The first kappa shape index (κ1) is 19.7. The molecule has 20 heavy (non-hydrogen) atoms. The van der Waals surface area contributed by atoms with Crippen molar-refractivity contribution in [3.05, 3.63) is 0 Å². The van der Waals surface area contributed by atoms with Crippen LogP contribution in [0.1, 0.15) is 27.2 Å². The summed E-state index contributed by atoms with van der Waals surface area (Å²) in [6, 6.07) is 0. The van der Waals surface area contributed by atoms with Crippen LogP contribution in [0.4, 0.5) is 26.3 Å². The van der Waals surface area contributed by atoms with Crippen molar-refractivity contribution in [3.8, 4) is 0 Å². The molecule has 0 aromatic rings. The molecule has 3 nitrogen and oxygen atoms in total. The van der Waals surface area contributed by atoms with Gasteiger partial charge in [-0.3, -0.25) is 0 Å². The third kappa shape index (κ3) is 4.90. The summed E-state index contributed by atoms with van der Waals surface area (Å²) in [5, 5.41) is 0. The molecular weight excluding hydrogens is 310 g/mol. The highest BCUT2D eigenvalue weighted by atomic mass is 28.4. The standard InChI is InChI=1S/C10H18F6O3Si/c1-4-17-20(18-5-2,19-6-3)10(15,16)8(11)7-9(12,13)14/h8H,4-7H2,1-3H3. The molecule has 0 heterocycles. The second-order valence-electron chi connectivity index (χ2n) is 3.77. The lowest BCUT2D eigenvalue weighted by Crippen LogP contribution is -2.65. The van der Waals surface area contributed by atoms with Crippen molar-refractivity contribution in [2.24, 2.45) is 0 Å². The molecule has 0 saturated heterocycles. The van der Waals surface area contributed by atoms with E-state index in [4.69, 9.17) is 13.3 Å². The van der Waals surface area contributed by atoms with Gasteiger partial charge in [0, 0.05) is 19.8 Å². The molecule has 0 aromatic heterocycles. The summed E-state index contributed by atoms with van der Waals surface area (Å²) >= 11 is 0. The Bertz CT molecular complexity index is 270. The van der Waals surface area contributed by atoms with E-state index in [2.05, 4.69) is 0 Å². The Morgan fingerprint density at radius 2 is 1.20 bits per heavy atom. The van der Waals surface area contributed by atoms with Crippen LogP contribution in [0, 0.1) is 0 Å². The van der Waals surface area contributed by atoms with Gasteiger partial charge in [-0.05, 0) is 20.8 Å². The predicted octanol–water partition coefficient (Wildman–Crippen LogP) is 3.50. The van der Waals surface area contributed by atoms with Crippen molar-refractivity contribution in [2.75, 3.05) is 19.8 Å². The number of alkyl halides is 6. The van der Waals surface area contributed by atoms with Crippen molar-refractivity contribution in [3.63, 3.8) is 0 Å². The number of halogens is 6. The van der Waals surface area contributed by atoms with Gasteiger partial charge in [0.1, 0.15) is 0 Å². The fraction of sp³-hybridized carbons (Fsp3) is 1.00. The molecule has 10 heteroatoms. The molecule has 0 rings (SSSR count). The average Bonchev–Trinajstić information content (AvgIpc) is 2.27. The summed E-state index contributed by atoms with van der Waals surface area (Å²) in [6.07, 6.45) is -10.8. The Morgan fingerprint density at radius 3 is 1.45 bits per heavy atom. The summed E-state index contributed by atoms with van der Waals surface area (Å²) in [7, 11) is -4.89. The Kier molecular flexibility index (Phi) is 7.50. The first-order valence-corrected chi connectivity index (χ1v) is 7.79. The van der Waals surface area contributed by atoms with E-state index in [-0.39, 0.29) is 19.8 Å². The quantitative estimate of drug-likeness (QED) is 0.479. The Labute approximate surface area is 114 Å². The highest BCUT2D eigenvalue weighted by Crippen LogP contribution is 2.39. The molecule has 1 unspecified atom stereocenters. The first-order chi connectivity index (χ1) is 9.06. The Morgan fingerprint density at radius 1 is 0.850 bits per heavy atom. The first-order valence-electron chi connectivity index (χ1n) is 6.06. The molecule has 1 atom stereocenters. The summed E-state index contributed by atoms with van der Waals surface area (Å²) in [4.78, 5) is 0. The van der Waals surface area contributed by atoms with Gasteiger partial charge in [0.15, 0.2) is 6.17 Å². The minimum Gasteiger partial charge on any atom is -0.370 e. The lowest BCUT2D eigenvalue weighted by Gasteiger charge is -2.36. The van der Waals surface area contributed by atoms with E-state index in [9.17, 15) is 26.3 Å². The van der Waals surface area contributed by atoms with Crippen LogP contribution in [-0.4, -0.2) is 46.5 Å². The van der Waals surface area contributed by atoms with Gasteiger partial charge in [0.25, 0.3) is 0 Å². The van der Waals surface area contributed by atoms with Crippen LogP contribution in [0.2, 0.25) is 0 Å². The van der Waals surface area contributed by atoms with Gasteiger partial charge >= 0.3 is 20.5 Å². The van der Waals surface area contributed by atoms with Crippen molar-refractivity contribution in [1.29, 1.82) is 0 Å². The number of hydrogen-bond donors (Lipinski definition) is 0. The highest BCUT2D eigenvalue weighted by Gasteiger charge is 2.70. The maximum Gasteiger partial charge on any atom is 0.577 e. The molecule has 0 aliphatic heterocycles. The molecule has 0 aliphatic carbocycles. The molecule has 0 saturated carbocycles. The highest BCUT2D eigenvalue weighted by molar-refractivity contribution is 6.63. The lowest BCUT2D eigenvalue weighted by atomic mass is 10.3. The van der Waals surface area contributed by atoms with E-state index < -0.39 is 33.1 Å². The lowest BCUT2D eigenvalue weighted by molar-refractivity contribution is -0.175. The minimum atomic E-state index is -5.06. The average molecular weight is 328 g/mol. The predicted molar refractivity (Wildman–Crippen MR) is 61.1 cm³/mol. The van der Waals surface area contributed by atoms with Gasteiger partial charge in [-0.15, -0.1) is 0 Å². The van der Waals surface area contributed by atoms with Crippen molar-refractivity contribution < 1.29 is 39.6 Å². The molecule has 0 spiro atoms. The molecule has 0 N–H and O–H groups in total. The maximum atomic E-state index is 14.0.